The van der Waals surface area contributed by atoms with E-state index in [1.807, 2.05) is 24.5 Å². The van der Waals surface area contributed by atoms with Crippen molar-refractivity contribution < 1.29 is 0 Å². The third-order valence-corrected chi connectivity index (χ3v) is 1.72. The first-order valence-corrected chi connectivity index (χ1v) is 4.11. The topological polar surface area (TPSA) is 36.7 Å². The second kappa shape index (κ2) is 5.54. The summed E-state index contributed by atoms with van der Waals surface area (Å²) < 4.78 is 0. The first-order chi connectivity index (χ1) is 4.84. The zero-order valence-corrected chi connectivity index (χ0v) is 9.22. The zero-order valence-electron chi connectivity index (χ0n) is 6.07. The van der Waals surface area contributed by atoms with Gasteiger partial charge in [0.05, 0.1) is 5.69 Å². The number of rotatable bonds is 1. The van der Waals surface area contributed by atoms with Gasteiger partial charge in [0, 0.05) is 6.20 Å². The van der Waals surface area contributed by atoms with Crippen LogP contribution in [0.5, 0.6) is 0 Å². The van der Waals surface area contributed by atoms with Gasteiger partial charge in [0.1, 0.15) is 5.04 Å². The molecular weight excluding hydrogens is 271 g/mol. The molecule has 0 aliphatic carbocycles. The summed E-state index contributed by atoms with van der Waals surface area (Å²) in [4.78, 5) is 4.00. The molecule has 1 aromatic heterocycles. The van der Waals surface area contributed by atoms with Crippen molar-refractivity contribution in [2.24, 2.45) is 0 Å². The fourth-order valence-electron chi connectivity index (χ4n) is 0.602. The van der Waals surface area contributed by atoms with Crippen molar-refractivity contribution in [3.8, 4) is 0 Å². The number of aromatic nitrogens is 1. The lowest BCUT2D eigenvalue weighted by Gasteiger charge is -1.95. The standard InChI is InChI=1S/C7H8N2S.HI/c1-10-7(8)6-4-2-3-5-9-6;/h2-5,8H,1H3;1H. The zero-order chi connectivity index (χ0) is 7.40. The van der Waals surface area contributed by atoms with E-state index in [4.69, 9.17) is 5.41 Å². The van der Waals surface area contributed by atoms with E-state index in [1.54, 1.807) is 6.20 Å². The maximum Gasteiger partial charge on any atom is 0.113 e. The van der Waals surface area contributed by atoms with Gasteiger partial charge in [0.25, 0.3) is 0 Å². The molecule has 2 nitrogen and oxygen atoms in total. The normalized spacial score (nSPS) is 8.45. The molecule has 0 atom stereocenters. The SMILES string of the molecule is CSC(=N)c1ccccn1.I. The highest BCUT2D eigenvalue weighted by atomic mass is 127. The van der Waals surface area contributed by atoms with E-state index in [0.717, 1.165) is 5.69 Å². The van der Waals surface area contributed by atoms with Crippen LogP contribution in [-0.2, 0) is 0 Å². The molecule has 0 radical (unpaired) electrons. The fourth-order valence-corrected chi connectivity index (χ4v) is 0.932. The van der Waals surface area contributed by atoms with Crippen LogP contribution < -0.4 is 0 Å². The molecule has 0 aliphatic rings. The molecule has 0 saturated carbocycles. The summed E-state index contributed by atoms with van der Waals surface area (Å²) in [5.41, 5.74) is 0.745. The van der Waals surface area contributed by atoms with Gasteiger partial charge >= 0.3 is 0 Å². The molecular formula is C7H9IN2S. The van der Waals surface area contributed by atoms with E-state index in [2.05, 4.69) is 4.98 Å². The lowest BCUT2D eigenvalue weighted by molar-refractivity contribution is 1.29. The molecule has 0 spiro atoms. The molecule has 4 heteroatoms. The number of thioether (sulfide) groups is 1. The molecule has 11 heavy (non-hydrogen) atoms. The highest BCUT2D eigenvalue weighted by Gasteiger charge is 1.96. The molecule has 1 N–H and O–H groups in total. The average molecular weight is 280 g/mol. The van der Waals surface area contributed by atoms with Crippen LogP contribution >= 0.6 is 35.7 Å². The van der Waals surface area contributed by atoms with E-state index in [9.17, 15) is 0 Å². The molecule has 0 amide bonds. The Labute approximate surface area is 87.3 Å². The number of hydrogen-bond acceptors (Lipinski definition) is 3. The minimum Gasteiger partial charge on any atom is -0.292 e. The van der Waals surface area contributed by atoms with Crippen LogP contribution in [0.4, 0.5) is 0 Å². The Morgan fingerprint density at radius 2 is 2.27 bits per heavy atom. The number of nitrogens with zero attached hydrogens (tertiary/aromatic N) is 1. The number of pyridine rings is 1. The van der Waals surface area contributed by atoms with Gasteiger partial charge in [0.15, 0.2) is 0 Å². The third kappa shape index (κ3) is 3.20. The predicted octanol–water partition coefficient (Wildman–Crippen LogP) is 2.39. The van der Waals surface area contributed by atoms with Crippen LogP contribution in [-0.4, -0.2) is 16.3 Å². The Kier molecular flexibility index (Phi) is 5.49. The summed E-state index contributed by atoms with van der Waals surface area (Å²) >= 11 is 1.40. The van der Waals surface area contributed by atoms with E-state index in [1.165, 1.54) is 11.8 Å². The van der Waals surface area contributed by atoms with Gasteiger partial charge in [-0.05, 0) is 18.4 Å². The van der Waals surface area contributed by atoms with E-state index >= 15 is 0 Å². The Morgan fingerprint density at radius 3 is 2.73 bits per heavy atom. The lowest BCUT2D eigenvalue weighted by atomic mass is 10.4. The minimum atomic E-state index is 0. The first kappa shape index (κ1) is 10.9. The second-order valence-electron chi connectivity index (χ2n) is 1.75. The Morgan fingerprint density at radius 1 is 1.55 bits per heavy atom. The lowest BCUT2D eigenvalue weighted by Crippen LogP contribution is -1.94. The molecule has 0 bridgehead atoms. The van der Waals surface area contributed by atoms with Gasteiger partial charge < -0.3 is 0 Å². The molecule has 1 rings (SSSR count). The van der Waals surface area contributed by atoms with Gasteiger partial charge in [-0.25, -0.2) is 0 Å². The smallest absolute Gasteiger partial charge is 0.113 e. The van der Waals surface area contributed by atoms with Crippen molar-refractivity contribution in [3.63, 3.8) is 0 Å². The quantitative estimate of drug-likeness (QED) is 0.487. The second-order valence-corrected chi connectivity index (χ2v) is 2.56. The van der Waals surface area contributed by atoms with Gasteiger partial charge in [0.2, 0.25) is 0 Å². The maximum absolute atomic E-state index is 7.38. The third-order valence-electron chi connectivity index (χ3n) is 1.10. The molecule has 0 aromatic carbocycles. The van der Waals surface area contributed by atoms with Crippen LogP contribution in [0.3, 0.4) is 0 Å². The highest BCUT2D eigenvalue weighted by Crippen LogP contribution is 2.04. The van der Waals surface area contributed by atoms with Crippen molar-refractivity contribution in [3.05, 3.63) is 30.1 Å². The van der Waals surface area contributed by atoms with Gasteiger partial charge in [-0.1, -0.05) is 6.07 Å². The largest absolute Gasteiger partial charge is 0.292 e. The number of halogens is 1. The van der Waals surface area contributed by atoms with Gasteiger partial charge in [-0.2, -0.15) is 0 Å². The van der Waals surface area contributed by atoms with Crippen molar-refractivity contribution in [2.75, 3.05) is 6.26 Å². The van der Waals surface area contributed by atoms with Crippen LogP contribution in [0.25, 0.3) is 0 Å². The molecule has 1 heterocycles. The van der Waals surface area contributed by atoms with E-state index in [-0.39, 0.29) is 24.0 Å². The van der Waals surface area contributed by atoms with Crippen molar-refractivity contribution in [2.45, 2.75) is 0 Å². The highest BCUT2D eigenvalue weighted by molar-refractivity contribution is 14.0. The summed E-state index contributed by atoms with van der Waals surface area (Å²) in [6.45, 7) is 0. The summed E-state index contributed by atoms with van der Waals surface area (Å²) in [5.74, 6) is 0. The first-order valence-electron chi connectivity index (χ1n) is 2.88. The Bertz CT molecular complexity index is 225. The number of hydrogen-bond donors (Lipinski definition) is 1. The van der Waals surface area contributed by atoms with Crippen LogP contribution in [0.2, 0.25) is 0 Å². The van der Waals surface area contributed by atoms with E-state index < -0.39 is 0 Å². The Balaban J connectivity index is 0.000001000. The summed E-state index contributed by atoms with van der Waals surface area (Å²) in [6, 6.07) is 5.56. The fraction of sp³-hybridized carbons (Fsp3) is 0.143. The monoisotopic (exact) mass is 280 g/mol. The molecule has 0 fully saturated rings. The van der Waals surface area contributed by atoms with Gasteiger partial charge in [-0.3, -0.25) is 10.4 Å². The van der Waals surface area contributed by atoms with Crippen LogP contribution in [0.1, 0.15) is 5.69 Å². The van der Waals surface area contributed by atoms with Gasteiger partial charge in [-0.15, -0.1) is 35.7 Å². The summed E-state index contributed by atoms with van der Waals surface area (Å²) in [5, 5.41) is 7.89. The summed E-state index contributed by atoms with van der Waals surface area (Å²) in [6.07, 6.45) is 3.57. The van der Waals surface area contributed by atoms with Crippen molar-refractivity contribution in [1.29, 1.82) is 5.41 Å². The molecule has 60 valence electrons. The van der Waals surface area contributed by atoms with Crippen LogP contribution in [0, 0.1) is 5.41 Å². The maximum atomic E-state index is 7.38. The van der Waals surface area contributed by atoms with Crippen molar-refractivity contribution >= 4 is 40.8 Å². The summed E-state index contributed by atoms with van der Waals surface area (Å²) in [7, 11) is 0. The predicted molar refractivity (Wildman–Crippen MR) is 60.0 cm³/mol. The van der Waals surface area contributed by atoms with Crippen molar-refractivity contribution in [1.82, 2.24) is 4.98 Å². The van der Waals surface area contributed by atoms with E-state index in [0.29, 0.717) is 5.04 Å². The molecule has 1 aromatic rings. The average Bonchev–Trinajstić information content (AvgIpc) is 2.05. The Hall–Kier alpha value is -0.100. The molecule has 0 unspecified atom stereocenters. The number of nitrogens with one attached hydrogen (secondary N) is 1. The minimum absolute atomic E-state index is 0. The molecule has 0 aliphatic heterocycles. The van der Waals surface area contributed by atoms with Crippen LogP contribution in [0.15, 0.2) is 24.4 Å². The molecule has 0 saturated heterocycles.